The van der Waals surface area contributed by atoms with Crippen LogP contribution in [0.2, 0.25) is 10.0 Å². The van der Waals surface area contributed by atoms with Gasteiger partial charge in [0.15, 0.2) is 0 Å². The van der Waals surface area contributed by atoms with Crippen LogP contribution in [0.1, 0.15) is 41.0 Å². The maximum atomic E-state index is 14.0. The number of carboxylic acids is 1. The summed E-state index contributed by atoms with van der Waals surface area (Å²) in [5.41, 5.74) is 4.68. The van der Waals surface area contributed by atoms with E-state index in [-0.39, 0.29) is 12.1 Å². The largest absolute Gasteiger partial charge is 0.490 e. The Morgan fingerprint density at radius 1 is 0.750 bits per heavy atom. The number of para-hydroxylation sites is 1. The Kier molecular flexibility index (Phi) is 10.8. The molecule has 0 radical (unpaired) electrons. The zero-order valence-electron chi connectivity index (χ0n) is 25.3. The van der Waals surface area contributed by atoms with Gasteiger partial charge in [-0.2, -0.15) is 26.3 Å². The Balaban J connectivity index is 0.000000582. The maximum absolute atomic E-state index is 14.0. The number of nitrogens with zero attached hydrogens (tertiary/aromatic N) is 2. The monoisotopic (exact) mass is 706 g/mol. The van der Waals surface area contributed by atoms with Crippen LogP contribution in [0.5, 0.6) is 0 Å². The molecule has 0 unspecified atom stereocenters. The van der Waals surface area contributed by atoms with Crippen LogP contribution < -0.4 is 0 Å². The molecule has 1 N–H and O–H groups in total. The maximum Gasteiger partial charge on any atom is 0.490 e. The molecule has 6 rings (SSSR count). The van der Waals surface area contributed by atoms with Crippen molar-refractivity contribution in [1.82, 2.24) is 9.47 Å². The van der Waals surface area contributed by atoms with Crippen molar-refractivity contribution in [2.24, 2.45) is 0 Å². The number of fused-ring (bicyclic) bond motifs is 1. The summed E-state index contributed by atoms with van der Waals surface area (Å²) in [6, 6.07) is 29.6. The van der Waals surface area contributed by atoms with Crippen LogP contribution in [0.15, 0.2) is 97.1 Å². The van der Waals surface area contributed by atoms with Gasteiger partial charge in [0.2, 0.25) is 0 Å². The molecule has 1 aliphatic rings. The molecule has 2 heterocycles. The molecule has 5 aromatic rings. The Hall–Kier alpha value is -3.99. The highest BCUT2D eigenvalue weighted by Gasteiger charge is 2.38. The number of carboxylic acid groups (broad SMARTS) is 1. The predicted octanol–water partition coefficient (Wildman–Crippen LogP) is 10.7. The zero-order valence-corrected chi connectivity index (χ0v) is 26.8. The van der Waals surface area contributed by atoms with Gasteiger partial charge in [-0.15, -0.1) is 0 Å². The van der Waals surface area contributed by atoms with Gasteiger partial charge in [0, 0.05) is 34.0 Å². The lowest BCUT2D eigenvalue weighted by molar-refractivity contribution is -0.192. The highest BCUT2D eigenvalue weighted by atomic mass is 35.5. The molecule has 0 saturated carbocycles. The van der Waals surface area contributed by atoms with Crippen LogP contribution in [0.25, 0.3) is 22.2 Å². The number of carbonyl (C=O) groups is 1. The van der Waals surface area contributed by atoms with Crippen LogP contribution in [-0.2, 0) is 24.1 Å². The van der Waals surface area contributed by atoms with Crippen molar-refractivity contribution in [2.45, 2.75) is 44.2 Å². The van der Waals surface area contributed by atoms with Gasteiger partial charge in [-0.05, 0) is 78.4 Å². The number of hydrogen-bond donors (Lipinski definition) is 1. The van der Waals surface area contributed by atoms with E-state index in [2.05, 4.69) is 15.5 Å². The highest BCUT2D eigenvalue weighted by Crippen LogP contribution is 2.41. The summed E-state index contributed by atoms with van der Waals surface area (Å²) in [7, 11) is 0. The van der Waals surface area contributed by atoms with Crippen molar-refractivity contribution >= 4 is 40.1 Å². The summed E-state index contributed by atoms with van der Waals surface area (Å²) in [5.74, 6) is -2.46. The minimum atomic E-state index is -5.08. The number of piperidine rings is 1. The molecular weight excluding hydrogens is 677 g/mol. The van der Waals surface area contributed by atoms with Gasteiger partial charge in [0.1, 0.15) is 0 Å². The minimum Gasteiger partial charge on any atom is -0.475 e. The predicted molar refractivity (Wildman–Crippen MR) is 175 cm³/mol. The smallest absolute Gasteiger partial charge is 0.475 e. The molecule has 0 atom stereocenters. The molecule has 252 valence electrons. The van der Waals surface area contributed by atoms with E-state index in [1.165, 1.54) is 12.1 Å². The molecule has 1 saturated heterocycles. The van der Waals surface area contributed by atoms with Gasteiger partial charge in [-0.25, -0.2) is 4.79 Å². The van der Waals surface area contributed by atoms with E-state index in [1.54, 1.807) is 12.1 Å². The van der Waals surface area contributed by atoms with Crippen molar-refractivity contribution in [1.29, 1.82) is 0 Å². The molecule has 1 fully saturated rings. The summed E-state index contributed by atoms with van der Waals surface area (Å²) < 4.78 is 75.7. The van der Waals surface area contributed by atoms with Crippen molar-refractivity contribution in [2.75, 3.05) is 13.1 Å². The molecule has 0 bridgehead atoms. The molecule has 0 spiro atoms. The van der Waals surface area contributed by atoms with Crippen LogP contribution in [0.4, 0.5) is 26.3 Å². The fraction of sp³-hybridized carbons (Fsp3) is 0.250. The van der Waals surface area contributed by atoms with E-state index < -0.39 is 23.9 Å². The van der Waals surface area contributed by atoms with Crippen molar-refractivity contribution in [3.63, 3.8) is 0 Å². The van der Waals surface area contributed by atoms with Crippen LogP contribution in [0.3, 0.4) is 0 Å². The third-order valence-electron chi connectivity index (χ3n) is 8.39. The fourth-order valence-electron chi connectivity index (χ4n) is 6.23. The lowest BCUT2D eigenvalue weighted by atomic mass is 9.89. The molecule has 0 amide bonds. The number of aromatic nitrogens is 1. The lowest BCUT2D eigenvalue weighted by Crippen LogP contribution is -2.32. The third kappa shape index (κ3) is 7.99. The second-order valence-corrected chi connectivity index (χ2v) is 12.3. The van der Waals surface area contributed by atoms with Gasteiger partial charge in [-0.3, -0.25) is 4.90 Å². The molecule has 4 nitrogen and oxygen atoms in total. The Morgan fingerprint density at radius 2 is 1.31 bits per heavy atom. The fourth-order valence-corrected chi connectivity index (χ4v) is 6.94. The molecular formula is C36H30Cl2F6N2O2. The van der Waals surface area contributed by atoms with Crippen LogP contribution >= 0.6 is 23.2 Å². The van der Waals surface area contributed by atoms with Crippen LogP contribution in [-0.4, -0.2) is 39.8 Å². The summed E-state index contributed by atoms with van der Waals surface area (Å²) >= 11 is 13.0. The number of likely N-dealkylation sites (tertiary alicyclic amines) is 1. The summed E-state index contributed by atoms with van der Waals surface area (Å²) in [4.78, 5) is 11.3. The quantitative estimate of drug-likeness (QED) is 0.179. The van der Waals surface area contributed by atoms with Gasteiger partial charge in [0.05, 0.1) is 11.3 Å². The van der Waals surface area contributed by atoms with Gasteiger partial charge in [0.25, 0.3) is 0 Å². The molecule has 12 heteroatoms. The average molecular weight is 708 g/mol. The van der Waals surface area contributed by atoms with E-state index in [1.807, 2.05) is 66.7 Å². The first-order valence-corrected chi connectivity index (χ1v) is 15.8. The second-order valence-electron chi connectivity index (χ2n) is 11.4. The topological polar surface area (TPSA) is 45.5 Å². The normalized spacial score (nSPS) is 14.5. The number of hydrogen-bond acceptors (Lipinski definition) is 2. The Bertz CT molecular complexity index is 1860. The van der Waals surface area contributed by atoms with E-state index in [9.17, 15) is 26.3 Å². The lowest BCUT2D eigenvalue weighted by Gasteiger charge is -2.33. The van der Waals surface area contributed by atoms with E-state index >= 15 is 0 Å². The number of halogens is 8. The Labute approximate surface area is 283 Å². The van der Waals surface area contributed by atoms with Crippen molar-refractivity contribution < 1.29 is 36.2 Å². The molecule has 1 aliphatic heterocycles. The first-order chi connectivity index (χ1) is 22.8. The molecule has 48 heavy (non-hydrogen) atoms. The minimum absolute atomic E-state index is 0.119. The summed E-state index contributed by atoms with van der Waals surface area (Å²) in [6.07, 6.45) is -7.65. The third-order valence-corrected chi connectivity index (χ3v) is 9.05. The first kappa shape index (κ1) is 35.3. The SMILES string of the molecule is FC(F)(F)c1ccccc1Cn1c(-c2ccccc2)c(CN2CCC(c3c(Cl)cccc3Cl)CC2)c2ccccc21.O=C(O)C(F)(F)F. The number of aliphatic carboxylic acids is 1. The molecule has 4 aromatic carbocycles. The standard InChI is InChI=1S/C34H29Cl2F3N2.C2HF3O2/c35-29-14-8-15-30(36)32(29)23-17-19-40(20-18-23)22-27-26-12-5-7-16-31(26)41(33(27)24-9-2-1-3-10-24)21-25-11-4-6-13-28(25)34(37,38)39;3-2(4,5)1(6)7/h1-16,23H,17-22H2;(H,6,7). The van der Waals surface area contributed by atoms with Gasteiger partial charge in [-0.1, -0.05) is 96.0 Å². The molecule has 0 aliphatic carbocycles. The van der Waals surface area contributed by atoms with Crippen molar-refractivity contribution in [3.8, 4) is 11.3 Å². The zero-order chi connectivity index (χ0) is 34.6. The Morgan fingerprint density at radius 3 is 1.92 bits per heavy atom. The van der Waals surface area contributed by atoms with Gasteiger partial charge >= 0.3 is 18.3 Å². The van der Waals surface area contributed by atoms with E-state index in [0.717, 1.165) is 59.2 Å². The second kappa shape index (κ2) is 14.6. The number of benzene rings is 4. The van der Waals surface area contributed by atoms with E-state index in [0.29, 0.717) is 22.5 Å². The number of alkyl halides is 6. The van der Waals surface area contributed by atoms with Gasteiger partial charge < -0.3 is 9.67 Å². The highest BCUT2D eigenvalue weighted by molar-refractivity contribution is 6.36. The van der Waals surface area contributed by atoms with E-state index in [4.69, 9.17) is 33.1 Å². The number of rotatable bonds is 6. The average Bonchev–Trinajstić information content (AvgIpc) is 3.34. The first-order valence-electron chi connectivity index (χ1n) is 15.0. The summed E-state index contributed by atoms with van der Waals surface area (Å²) in [6.45, 7) is 2.56. The summed E-state index contributed by atoms with van der Waals surface area (Å²) in [5, 5.41) is 9.61. The molecule has 1 aromatic heterocycles. The van der Waals surface area contributed by atoms with Crippen LogP contribution in [0, 0.1) is 0 Å². The van der Waals surface area contributed by atoms with Crippen molar-refractivity contribution in [3.05, 3.63) is 129 Å².